The van der Waals surface area contributed by atoms with Crippen molar-refractivity contribution in [3.05, 3.63) is 35.5 Å². The third-order valence-corrected chi connectivity index (χ3v) is 4.48. The Bertz CT molecular complexity index is 656. The van der Waals surface area contributed by atoms with Gasteiger partial charge in [-0.05, 0) is 12.1 Å². The number of hydrogen-bond acceptors (Lipinski definition) is 5. The fourth-order valence-corrected chi connectivity index (χ4v) is 3.15. The van der Waals surface area contributed by atoms with E-state index in [2.05, 4.69) is 0 Å². The maximum absolute atomic E-state index is 12.1. The Morgan fingerprint density at radius 1 is 1.37 bits per heavy atom. The summed E-state index contributed by atoms with van der Waals surface area (Å²) in [5.74, 6) is 3.66. The van der Waals surface area contributed by atoms with Crippen LogP contribution in [0.1, 0.15) is 5.56 Å². The number of benzene rings is 1. The van der Waals surface area contributed by atoms with E-state index in [4.69, 9.17) is 5.84 Å². The predicted octanol–water partition coefficient (Wildman–Crippen LogP) is -1.11. The average molecular weight is 309 g/mol. The quantitative estimate of drug-likeness (QED) is 0.263. The minimum atomic E-state index is -3.86. The molecule has 2 rings (SSSR count). The van der Waals surface area contributed by atoms with Crippen LogP contribution in [0.25, 0.3) is 5.76 Å². The Morgan fingerprint density at radius 2 is 1.95 bits per heavy atom. The molecule has 0 saturated heterocycles. The molecule has 9 heteroatoms. The van der Waals surface area contributed by atoms with E-state index in [-0.39, 0.29) is 61.8 Å². The van der Waals surface area contributed by atoms with Gasteiger partial charge in [-0.2, -0.15) is 0 Å². The van der Waals surface area contributed by atoms with Crippen LogP contribution in [0.2, 0.25) is 0 Å². The molecule has 0 atom stereocenters. The number of carbonyl (C=O) groups excluding carboxylic acids is 1. The number of likely N-dealkylation sites (N-methyl/N-ethyl adjacent to an activating group) is 1. The van der Waals surface area contributed by atoms with E-state index in [1.165, 1.54) is 25.2 Å². The van der Waals surface area contributed by atoms with Crippen molar-refractivity contribution in [2.75, 3.05) is 7.05 Å². The molecule has 0 fully saturated rings. The summed E-state index contributed by atoms with van der Waals surface area (Å²) in [4.78, 5) is 11.5. The van der Waals surface area contributed by atoms with E-state index in [1.807, 2.05) is 0 Å². The Morgan fingerprint density at radius 3 is 2.53 bits per heavy atom. The predicted molar refractivity (Wildman–Crippen MR) is 70.4 cm³/mol. The summed E-state index contributed by atoms with van der Waals surface area (Å²) >= 11 is 0. The molecular weight excluding hydrogens is 297 g/mol. The Kier molecular flexibility index (Phi) is 5.18. The topological polar surface area (TPSA) is 113 Å². The fourth-order valence-electron chi connectivity index (χ4n) is 1.75. The molecule has 7 nitrogen and oxygen atoms in total. The van der Waals surface area contributed by atoms with Gasteiger partial charge in [0.05, 0.1) is 4.90 Å². The van der Waals surface area contributed by atoms with Crippen molar-refractivity contribution in [1.82, 2.24) is 9.73 Å². The van der Waals surface area contributed by atoms with Gasteiger partial charge >= 0.3 is 51.4 Å². The van der Waals surface area contributed by atoms with Crippen LogP contribution in [-0.4, -0.2) is 82.2 Å². The van der Waals surface area contributed by atoms with Crippen LogP contribution >= 0.6 is 0 Å². The van der Waals surface area contributed by atoms with Gasteiger partial charge in [-0.25, -0.2) is 14.3 Å². The summed E-state index contributed by atoms with van der Waals surface area (Å²) < 4.78 is 25.0. The summed E-state index contributed by atoms with van der Waals surface area (Å²) in [6.07, 6.45) is 0. The van der Waals surface area contributed by atoms with E-state index < -0.39 is 27.4 Å². The van der Waals surface area contributed by atoms with Gasteiger partial charge in [-0.3, -0.25) is 14.5 Å². The number of nitrogens with one attached hydrogen (secondary N) is 1. The van der Waals surface area contributed by atoms with Gasteiger partial charge in [0.2, 0.25) is 0 Å². The summed E-state index contributed by atoms with van der Waals surface area (Å²) in [5, 5.41) is 9.98. The zero-order valence-corrected chi connectivity index (χ0v) is 10.2. The number of rotatable bonds is 1. The minimum absolute atomic E-state index is 0. The molecule has 0 unspecified atom stereocenters. The van der Waals surface area contributed by atoms with Gasteiger partial charge < -0.3 is 5.11 Å². The van der Waals surface area contributed by atoms with Crippen LogP contribution < -0.4 is 11.3 Å². The fraction of sp³-hybridized carbons (Fsp3) is 0.100. The number of fused-ring (bicyclic) bond motifs is 1. The number of hydrogen-bond donors (Lipinski definition) is 3. The van der Waals surface area contributed by atoms with Crippen molar-refractivity contribution in [3.63, 3.8) is 0 Å². The molecular formula is C10H12KN3O4S. The third-order valence-electron chi connectivity index (χ3n) is 2.67. The number of amides is 1. The third kappa shape index (κ3) is 2.59. The molecule has 1 aliphatic rings. The Hall–Kier alpha value is -0.424. The molecule has 1 aromatic carbocycles. The number of carbonyl (C=O) groups is 1. The van der Waals surface area contributed by atoms with Crippen LogP contribution in [0.5, 0.6) is 0 Å². The molecule has 1 aromatic rings. The summed E-state index contributed by atoms with van der Waals surface area (Å²) in [7, 11) is -2.69. The molecule has 0 saturated carbocycles. The van der Waals surface area contributed by atoms with Gasteiger partial charge in [0, 0.05) is 12.6 Å². The van der Waals surface area contributed by atoms with Crippen molar-refractivity contribution < 1.29 is 18.3 Å². The van der Waals surface area contributed by atoms with Crippen molar-refractivity contribution in [2.45, 2.75) is 4.90 Å². The van der Waals surface area contributed by atoms with E-state index >= 15 is 0 Å². The van der Waals surface area contributed by atoms with Crippen LogP contribution in [0.3, 0.4) is 0 Å². The molecule has 4 N–H and O–H groups in total. The molecule has 0 aliphatic carbocycles. The Balaban J connectivity index is 0.00000180. The van der Waals surface area contributed by atoms with E-state index in [0.29, 0.717) is 4.31 Å². The first-order chi connectivity index (χ1) is 8.41. The first kappa shape index (κ1) is 16.6. The van der Waals surface area contributed by atoms with Gasteiger partial charge in [0.1, 0.15) is 0 Å². The van der Waals surface area contributed by atoms with Crippen molar-refractivity contribution in [1.29, 1.82) is 0 Å². The van der Waals surface area contributed by atoms with Crippen molar-refractivity contribution in [2.24, 2.45) is 5.84 Å². The van der Waals surface area contributed by atoms with Gasteiger partial charge in [-0.1, -0.05) is 12.1 Å². The monoisotopic (exact) mass is 309 g/mol. The summed E-state index contributed by atoms with van der Waals surface area (Å²) in [5.41, 5.74) is 1.47. The zero-order valence-electron chi connectivity index (χ0n) is 9.41. The van der Waals surface area contributed by atoms with E-state index in [9.17, 15) is 18.3 Å². The van der Waals surface area contributed by atoms with Crippen LogP contribution in [-0.2, 0) is 14.8 Å². The Labute approximate surface area is 152 Å². The number of hydrazine groups is 1. The molecule has 1 amide bonds. The zero-order chi connectivity index (χ0) is 13.5. The first-order valence-electron chi connectivity index (χ1n) is 4.93. The van der Waals surface area contributed by atoms with Gasteiger partial charge in [0.25, 0.3) is 15.9 Å². The van der Waals surface area contributed by atoms with Crippen LogP contribution in [0, 0.1) is 0 Å². The van der Waals surface area contributed by atoms with Crippen LogP contribution in [0.15, 0.2) is 34.9 Å². The average Bonchev–Trinajstić information content (AvgIpc) is 2.37. The molecule has 1 aliphatic heterocycles. The molecule has 0 radical (unpaired) electrons. The summed E-state index contributed by atoms with van der Waals surface area (Å²) in [6, 6.07) is 5.87. The second kappa shape index (κ2) is 5.91. The normalized spacial score (nSPS) is 16.4. The number of nitrogens with zero attached hydrogens (tertiary/aromatic N) is 1. The summed E-state index contributed by atoms with van der Waals surface area (Å²) in [6.45, 7) is 0. The molecule has 19 heavy (non-hydrogen) atoms. The second-order valence-electron chi connectivity index (χ2n) is 3.64. The maximum atomic E-state index is 12.1. The number of aliphatic hydroxyl groups excluding tert-OH is 1. The molecule has 0 bridgehead atoms. The van der Waals surface area contributed by atoms with Gasteiger partial charge in [-0.15, -0.1) is 0 Å². The molecule has 0 spiro atoms. The number of aliphatic hydroxyl groups is 1. The number of nitrogens with two attached hydrogens (primary N) is 1. The second-order valence-corrected chi connectivity index (χ2v) is 5.58. The van der Waals surface area contributed by atoms with Crippen molar-refractivity contribution >= 4 is 73.1 Å². The van der Waals surface area contributed by atoms with E-state index in [1.54, 1.807) is 11.5 Å². The number of sulfonamides is 1. The van der Waals surface area contributed by atoms with E-state index in [0.717, 1.165) is 0 Å². The first-order valence-corrected chi connectivity index (χ1v) is 6.37. The molecule has 1 heterocycles. The van der Waals surface area contributed by atoms with Crippen LogP contribution in [0.4, 0.5) is 0 Å². The van der Waals surface area contributed by atoms with Gasteiger partial charge in [0.15, 0.2) is 11.5 Å². The standard InChI is InChI=1S/C10H11N3O4S.K.H/c1-13-8(10(15)12-11)9(14)6-4-2-3-5-7(6)18(13,16)17;;/h2-5,14H,11H2,1H3,(H,12,15);;. The SMILES string of the molecule is CN1C(C(=O)NN)=C(O)c2ccccc2S1(=O)=O.[KH]. The van der Waals surface area contributed by atoms with Crippen molar-refractivity contribution in [3.8, 4) is 0 Å². The molecule has 98 valence electrons. The molecule has 0 aromatic heterocycles.